The van der Waals surface area contributed by atoms with E-state index in [0.717, 1.165) is 22.1 Å². The standard InChI is InChI=1S/C16H19N5O2S/c1-10-13(11(2)19-16(18-10)24-3)6-7-14(22)20-21-15(23)12-5-4-8-17-9-12/h4-5,8-9H,6-7H2,1-3H3,(H,20,22)(H,21,23). The minimum absolute atomic E-state index is 0.233. The first kappa shape index (κ1) is 17.9. The fourth-order valence-corrected chi connectivity index (χ4v) is 2.61. The number of hydrazine groups is 1. The molecule has 0 unspecified atom stereocenters. The Kier molecular flexibility index (Phi) is 6.25. The molecule has 2 amide bonds. The van der Waals surface area contributed by atoms with Crippen LogP contribution in [0.15, 0.2) is 29.7 Å². The Labute approximate surface area is 144 Å². The van der Waals surface area contributed by atoms with Crippen molar-refractivity contribution in [2.75, 3.05) is 6.26 Å². The topological polar surface area (TPSA) is 96.9 Å². The molecule has 24 heavy (non-hydrogen) atoms. The minimum atomic E-state index is -0.406. The van der Waals surface area contributed by atoms with E-state index in [4.69, 9.17) is 0 Å². The van der Waals surface area contributed by atoms with Gasteiger partial charge in [-0.05, 0) is 44.2 Å². The lowest BCUT2D eigenvalue weighted by Crippen LogP contribution is -2.41. The van der Waals surface area contributed by atoms with E-state index in [1.165, 1.54) is 18.0 Å². The molecular formula is C16H19N5O2S. The average molecular weight is 345 g/mol. The second-order valence-electron chi connectivity index (χ2n) is 5.10. The number of amides is 2. The zero-order valence-electron chi connectivity index (χ0n) is 13.8. The molecule has 0 aromatic carbocycles. The highest BCUT2D eigenvalue weighted by atomic mass is 32.2. The molecule has 0 spiro atoms. The Bertz CT molecular complexity index is 713. The fraction of sp³-hybridized carbons (Fsp3) is 0.312. The van der Waals surface area contributed by atoms with Gasteiger partial charge in [0.2, 0.25) is 5.91 Å². The Morgan fingerprint density at radius 3 is 2.46 bits per heavy atom. The molecule has 2 aromatic rings. The van der Waals surface area contributed by atoms with Crippen molar-refractivity contribution in [2.45, 2.75) is 31.8 Å². The molecule has 2 heterocycles. The number of aromatic nitrogens is 3. The molecular weight excluding hydrogens is 326 g/mol. The number of carbonyl (C=O) groups excluding carboxylic acids is 2. The van der Waals surface area contributed by atoms with Crippen molar-refractivity contribution in [1.29, 1.82) is 0 Å². The maximum absolute atomic E-state index is 11.9. The highest BCUT2D eigenvalue weighted by Gasteiger charge is 2.11. The van der Waals surface area contributed by atoms with E-state index in [0.29, 0.717) is 12.0 Å². The Balaban J connectivity index is 1.87. The molecule has 0 saturated heterocycles. The van der Waals surface area contributed by atoms with Gasteiger partial charge in [0.25, 0.3) is 5.91 Å². The van der Waals surface area contributed by atoms with E-state index in [1.54, 1.807) is 18.3 Å². The molecule has 0 fully saturated rings. The number of hydrogen-bond donors (Lipinski definition) is 2. The molecule has 0 bridgehead atoms. The Morgan fingerprint density at radius 2 is 1.88 bits per heavy atom. The molecule has 0 aliphatic carbocycles. The molecule has 8 heteroatoms. The van der Waals surface area contributed by atoms with Crippen molar-refractivity contribution >= 4 is 23.6 Å². The second-order valence-corrected chi connectivity index (χ2v) is 5.88. The maximum atomic E-state index is 11.9. The van der Waals surface area contributed by atoms with Crippen molar-refractivity contribution in [2.24, 2.45) is 0 Å². The molecule has 2 aromatic heterocycles. The van der Waals surface area contributed by atoms with Gasteiger partial charge in [-0.15, -0.1) is 0 Å². The van der Waals surface area contributed by atoms with Gasteiger partial charge in [0.1, 0.15) is 0 Å². The summed E-state index contributed by atoms with van der Waals surface area (Å²) in [7, 11) is 0. The number of rotatable bonds is 5. The van der Waals surface area contributed by atoms with Gasteiger partial charge in [0.15, 0.2) is 5.16 Å². The van der Waals surface area contributed by atoms with Crippen molar-refractivity contribution < 1.29 is 9.59 Å². The van der Waals surface area contributed by atoms with Crippen LogP contribution in [-0.4, -0.2) is 33.0 Å². The van der Waals surface area contributed by atoms with E-state index >= 15 is 0 Å². The van der Waals surface area contributed by atoms with Crippen molar-refractivity contribution in [3.8, 4) is 0 Å². The first-order valence-corrected chi connectivity index (χ1v) is 8.61. The summed E-state index contributed by atoms with van der Waals surface area (Å²) in [6.45, 7) is 3.82. The molecule has 2 N–H and O–H groups in total. The number of carbonyl (C=O) groups is 2. The number of hydrogen-bond acceptors (Lipinski definition) is 6. The van der Waals surface area contributed by atoms with Gasteiger partial charge >= 0.3 is 0 Å². The van der Waals surface area contributed by atoms with Crippen LogP contribution in [0.5, 0.6) is 0 Å². The summed E-state index contributed by atoms with van der Waals surface area (Å²) in [6.07, 6.45) is 5.67. The Hall–Kier alpha value is -2.48. The fourth-order valence-electron chi connectivity index (χ4n) is 2.16. The van der Waals surface area contributed by atoms with E-state index < -0.39 is 5.91 Å². The lowest BCUT2D eigenvalue weighted by Gasteiger charge is -2.10. The van der Waals surface area contributed by atoms with Crippen LogP contribution in [0.4, 0.5) is 0 Å². The molecule has 0 atom stereocenters. The smallest absolute Gasteiger partial charge is 0.271 e. The maximum Gasteiger partial charge on any atom is 0.271 e. The van der Waals surface area contributed by atoms with E-state index in [-0.39, 0.29) is 12.3 Å². The van der Waals surface area contributed by atoms with Gasteiger partial charge in [-0.2, -0.15) is 0 Å². The number of thioether (sulfide) groups is 1. The first-order chi connectivity index (χ1) is 11.5. The molecule has 0 radical (unpaired) electrons. The normalized spacial score (nSPS) is 10.3. The number of pyridine rings is 1. The third kappa shape index (κ3) is 4.76. The molecule has 0 saturated carbocycles. The predicted octanol–water partition coefficient (Wildman–Crippen LogP) is 1.60. The highest BCUT2D eigenvalue weighted by Crippen LogP contribution is 2.16. The zero-order chi connectivity index (χ0) is 17.5. The van der Waals surface area contributed by atoms with Crippen LogP contribution < -0.4 is 10.9 Å². The summed E-state index contributed by atoms with van der Waals surface area (Å²) in [5, 5.41) is 0.724. The molecule has 0 aliphatic heterocycles. The van der Waals surface area contributed by atoms with Gasteiger partial charge in [0.05, 0.1) is 5.56 Å². The Morgan fingerprint density at radius 1 is 1.17 bits per heavy atom. The summed E-state index contributed by atoms with van der Waals surface area (Å²) >= 11 is 1.49. The van der Waals surface area contributed by atoms with Crippen LogP contribution in [0.25, 0.3) is 0 Å². The van der Waals surface area contributed by atoms with Crippen LogP contribution in [0.3, 0.4) is 0 Å². The second kappa shape index (κ2) is 8.39. The molecule has 7 nitrogen and oxygen atoms in total. The SMILES string of the molecule is CSc1nc(C)c(CCC(=O)NNC(=O)c2cccnc2)c(C)n1. The average Bonchev–Trinajstić information content (AvgIpc) is 2.59. The highest BCUT2D eigenvalue weighted by molar-refractivity contribution is 7.98. The van der Waals surface area contributed by atoms with Crippen molar-refractivity contribution in [1.82, 2.24) is 25.8 Å². The first-order valence-electron chi connectivity index (χ1n) is 7.38. The summed E-state index contributed by atoms with van der Waals surface area (Å²) in [4.78, 5) is 36.4. The van der Waals surface area contributed by atoms with Crippen LogP contribution in [0.1, 0.15) is 33.7 Å². The summed E-state index contributed by atoms with van der Waals surface area (Å²) in [5.74, 6) is -0.684. The summed E-state index contributed by atoms with van der Waals surface area (Å²) < 4.78 is 0. The van der Waals surface area contributed by atoms with E-state index in [9.17, 15) is 9.59 Å². The third-order valence-electron chi connectivity index (χ3n) is 3.42. The number of nitrogens with one attached hydrogen (secondary N) is 2. The van der Waals surface area contributed by atoms with Crippen molar-refractivity contribution in [3.05, 3.63) is 47.0 Å². The van der Waals surface area contributed by atoms with Gasteiger partial charge < -0.3 is 0 Å². The van der Waals surface area contributed by atoms with Crippen molar-refractivity contribution in [3.63, 3.8) is 0 Å². The van der Waals surface area contributed by atoms with Crippen LogP contribution in [0, 0.1) is 13.8 Å². The van der Waals surface area contributed by atoms with Crippen LogP contribution in [0.2, 0.25) is 0 Å². The van der Waals surface area contributed by atoms with Crippen LogP contribution in [-0.2, 0) is 11.2 Å². The van der Waals surface area contributed by atoms with E-state index in [2.05, 4.69) is 25.8 Å². The quantitative estimate of drug-likeness (QED) is 0.485. The largest absolute Gasteiger partial charge is 0.273 e. The van der Waals surface area contributed by atoms with Gasteiger partial charge in [0, 0.05) is 30.2 Å². The molecule has 2 rings (SSSR count). The third-order valence-corrected chi connectivity index (χ3v) is 3.97. The molecule has 0 aliphatic rings. The monoisotopic (exact) mass is 345 g/mol. The number of nitrogens with zero attached hydrogens (tertiary/aromatic N) is 3. The minimum Gasteiger partial charge on any atom is -0.273 e. The summed E-state index contributed by atoms with van der Waals surface area (Å²) in [6, 6.07) is 3.27. The van der Waals surface area contributed by atoms with Gasteiger partial charge in [-0.1, -0.05) is 11.8 Å². The van der Waals surface area contributed by atoms with Gasteiger partial charge in [-0.3, -0.25) is 25.4 Å². The summed E-state index contributed by atoms with van der Waals surface area (Å²) in [5.41, 5.74) is 7.86. The van der Waals surface area contributed by atoms with Crippen LogP contribution >= 0.6 is 11.8 Å². The lowest BCUT2D eigenvalue weighted by atomic mass is 10.1. The number of aryl methyl sites for hydroxylation is 2. The lowest BCUT2D eigenvalue weighted by molar-refractivity contribution is -0.121. The molecule has 126 valence electrons. The zero-order valence-corrected chi connectivity index (χ0v) is 14.6. The predicted molar refractivity (Wildman–Crippen MR) is 91.5 cm³/mol. The van der Waals surface area contributed by atoms with E-state index in [1.807, 2.05) is 20.1 Å². The van der Waals surface area contributed by atoms with Gasteiger partial charge in [-0.25, -0.2) is 9.97 Å².